The average molecular weight is 416 g/mol. The third kappa shape index (κ3) is 3.99. The minimum absolute atomic E-state index is 0.0287. The summed E-state index contributed by atoms with van der Waals surface area (Å²) in [5.74, 6) is 0.501. The highest BCUT2D eigenvalue weighted by Crippen LogP contribution is 2.27. The molecule has 30 heavy (non-hydrogen) atoms. The largest absolute Gasteiger partial charge is 0.378 e. The standard InChI is InChI=1S/C20H28N6O4/c1-13-9-25(17-11-30-12-17)14(2)8-24(13)15-4-5-19(21-7-15)22-18-6-16(26(28)29)10-23(3)20(18)27/h4-7,10,13-14,17,28-29H,8-9,11-12H2,1-3H3,(H,21,22)/t13-,14+/m0/s1. The molecular weight excluding hydrogens is 388 g/mol. The van der Waals surface area contributed by atoms with Crippen LogP contribution in [0.25, 0.3) is 0 Å². The Balaban J connectivity index is 1.48. The molecule has 2 atom stereocenters. The first kappa shape index (κ1) is 20.6. The van der Waals surface area contributed by atoms with E-state index in [4.69, 9.17) is 4.74 Å². The quantitative estimate of drug-likeness (QED) is 0.624. The molecule has 2 aliphatic heterocycles. The van der Waals surface area contributed by atoms with Crippen LogP contribution in [0.1, 0.15) is 13.8 Å². The van der Waals surface area contributed by atoms with Gasteiger partial charge in [-0.25, -0.2) is 4.98 Å². The zero-order valence-electron chi connectivity index (χ0n) is 17.4. The Morgan fingerprint density at radius 2 is 1.97 bits per heavy atom. The molecule has 10 nitrogen and oxygen atoms in total. The molecule has 0 aliphatic carbocycles. The van der Waals surface area contributed by atoms with E-state index in [1.807, 2.05) is 12.1 Å². The first-order chi connectivity index (χ1) is 14.3. The van der Waals surface area contributed by atoms with Crippen LogP contribution in [0.3, 0.4) is 0 Å². The van der Waals surface area contributed by atoms with Crippen LogP contribution >= 0.6 is 0 Å². The number of hydrogen-bond acceptors (Lipinski definition) is 9. The number of ether oxygens (including phenoxy) is 1. The van der Waals surface area contributed by atoms with Crippen LogP contribution in [0.2, 0.25) is 0 Å². The van der Waals surface area contributed by atoms with Gasteiger partial charge in [-0.2, -0.15) is 0 Å². The van der Waals surface area contributed by atoms with Gasteiger partial charge in [-0.1, -0.05) is 0 Å². The topological polar surface area (TPSA) is 106 Å². The Labute approximate surface area is 174 Å². The maximum absolute atomic E-state index is 12.3. The number of pyridine rings is 2. The number of anilines is 4. The number of aryl methyl sites for hydroxylation is 1. The first-order valence-corrected chi connectivity index (χ1v) is 10.0. The van der Waals surface area contributed by atoms with Crippen molar-refractivity contribution in [3.05, 3.63) is 40.9 Å². The normalized spacial score (nSPS) is 22.6. The molecule has 4 rings (SSSR count). The number of aromatic nitrogens is 2. The molecule has 2 aromatic rings. The summed E-state index contributed by atoms with van der Waals surface area (Å²) < 4.78 is 6.62. The van der Waals surface area contributed by atoms with Gasteiger partial charge >= 0.3 is 0 Å². The lowest BCUT2D eigenvalue weighted by Crippen LogP contribution is -2.63. The van der Waals surface area contributed by atoms with Crippen LogP contribution in [0, 0.1) is 0 Å². The fourth-order valence-electron chi connectivity index (χ4n) is 4.10. The Morgan fingerprint density at radius 1 is 1.20 bits per heavy atom. The molecule has 2 saturated heterocycles. The Morgan fingerprint density at radius 3 is 2.57 bits per heavy atom. The van der Waals surface area contributed by atoms with Crippen molar-refractivity contribution in [2.75, 3.05) is 41.7 Å². The maximum atomic E-state index is 12.3. The fourth-order valence-corrected chi connectivity index (χ4v) is 4.10. The molecule has 2 aromatic heterocycles. The predicted molar refractivity (Wildman–Crippen MR) is 113 cm³/mol. The molecular formula is C20H28N6O4. The van der Waals surface area contributed by atoms with Crippen molar-refractivity contribution in [1.29, 1.82) is 0 Å². The smallest absolute Gasteiger partial charge is 0.274 e. The molecule has 0 unspecified atom stereocenters. The Kier molecular flexibility index (Phi) is 5.65. The zero-order valence-corrected chi connectivity index (χ0v) is 17.4. The van der Waals surface area contributed by atoms with Crippen LogP contribution in [-0.4, -0.2) is 69.3 Å². The minimum atomic E-state index is -0.301. The molecule has 10 heteroatoms. The van der Waals surface area contributed by atoms with Crippen molar-refractivity contribution in [2.45, 2.75) is 32.0 Å². The summed E-state index contributed by atoms with van der Waals surface area (Å²) >= 11 is 0. The molecule has 4 heterocycles. The Bertz CT molecular complexity index is 943. The summed E-state index contributed by atoms with van der Waals surface area (Å²) in [5.41, 5.74) is 0.989. The van der Waals surface area contributed by atoms with Crippen molar-refractivity contribution in [1.82, 2.24) is 14.5 Å². The summed E-state index contributed by atoms with van der Waals surface area (Å²) in [6.45, 7) is 8.01. The molecule has 0 bridgehead atoms. The van der Waals surface area contributed by atoms with Crippen molar-refractivity contribution in [2.24, 2.45) is 7.05 Å². The molecule has 0 spiro atoms. The van der Waals surface area contributed by atoms with Gasteiger partial charge in [0.1, 0.15) is 17.2 Å². The molecule has 0 amide bonds. The molecule has 0 radical (unpaired) electrons. The second-order valence-electron chi connectivity index (χ2n) is 8.08. The molecule has 2 fully saturated rings. The number of rotatable bonds is 5. The van der Waals surface area contributed by atoms with Crippen LogP contribution in [-0.2, 0) is 11.8 Å². The monoisotopic (exact) mass is 416 g/mol. The van der Waals surface area contributed by atoms with E-state index in [0.29, 0.717) is 23.9 Å². The van der Waals surface area contributed by atoms with Gasteiger partial charge in [0.25, 0.3) is 5.56 Å². The summed E-state index contributed by atoms with van der Waals surface area (Å²) in [6.07, 6.45) is 3.12. The van der Waals surface area contributed by atoms with Gasteiger partial charge in [-0.15, -0.1) is 5.23 Å². The van der Waals surface area contributed by atoms with Gasteiger partial charge in [0.15, 0.2) is 0 Å². The zero-order chi connectivity index (χ0) is 21.4. The lowest BCUT2D eigenvalue weighted by molar-refractivity contribution is -0.0828. The van der Waals surface area contributed by atoms with Crippen LogP contribution in [0.15, 0.2) is 35.4 Å². The number of hydrogen-bond donors (Lipinski definition) is 3. The summed E-state index contributed by atoms with van der Waals surface area (Å²) in [6, 6.07) is 6.47. The molecule has 0 saturated carbocycles. The van der Waals surface area contributed by atoms with E-state index >= 15 is 0 Å². The number of nitrogens with zero attached hydrogens (tertiary/aromatic N) is 5. The van der Waals surface area contributed by atoms with E-state index in [-0.39, 0.29) is 22.2 Å². The van der Waals surface area contributed by atoms with Gasteiger partial charge in [0.05, 0.1) is 31.1 Å². The van der Waals surface area contributed by atoms with Crippen LogP contribution < -0.4 is 21.0 Å². The highest BCUT2D eigenvalue weighted by atomic mass is 16.8. The van der Waals surface area contributed by atoms with E-state index in [0.717, 1.165) is 32.0 Å². The number of piperazine rings is 1. The van der Waals surface area contributed by atoms with Gasteiger partial charge in [-0.3, -0.25) is 20.1 Å². The van der Waals surface area contributed by atoms with Crippen molar-refractivity contribution in [3.8, 4) is 0 Å². The number of nitrogens with one attached hydrogen (secondary N) is 1. The lowest BCUT2D eigenvalue weighted by Gasteiger charge is -2.50. The van der Waals surface area contributed by atoms with Gasteiger partial charge < -0.3 is 19.5 Å². The maximum Gasteiger partial charge on any atom is 0.274 e. The van der Waals surface area contributed by atoms with Crippen LogP contribution in [0.4, 0.5) is 22.9 Å². The summed E-state index contributed by atoms with van der Waals surface area (Å²) in [4.78, 5) is 21.7. The third-order valence-electron chi connectivity index (χ3n) is 5.87. The summed E-state index contributed by atoms with van der Waals surface area (Å²) in [7, 11) is 1.54. The second-order valence-corrected chi connectivity index (χ2v) is 8.08. The molecule has 3 N–H and O–H groups in total. The molecule has 162 valence electrons. The molecule has 2 aliphatic rings. The summed E-state index contributed by atoms with van der Waals surface area (Å²) in [5, 5.41) is 21.4. The SMILES string of the molecule is C[C@@H]1CN(c2ccc(Nc3cc(N(O)O)cn(C)c3=O)nc2)[C@@H](C)CN1C1COC1. The highest BCUT2D eigenvalue weighted by molar-refractivity contribution is 5.62. The van der Waals surface area contributed by atoms with Crippen LogP contribution in [0.5, 0.6) is 0 Å². The van der Waals surface area contributed by atoms with E-state index in [2.05, 4.69) is 33.9 Å². The van der Waals surface area contributed by atoms with Gasteiger partial charge in [0.2, 0.25) is 0 Å². The van der Waals surface area contributed by atoms with Crippen molar-refractivity contribution >= 4 is 22.9 Å². The van der Waals surface area contributed by atoms with E-state index in [9.17, 15) is 15.2 Å². The first-order valence-electron chi connectivity index (χ1n) is 10.0. The molecule has 0 aromatic carbocycles. The van der Waals surface area contributed by atoms with Gasteiger partial charge in [-0.05, 0) is 32.0 Å². The Hall–Kier alpha value is -2.66. The fraction of sp³-hybridized carbons (Fsp3) is 0.500. The van der Waals surface area contributed by atoms with E-state index in [1.54, 1.807) is 6.20 Å². The van der Waals surface area contributed by atoms with Crippen molar-refractivity contribution in [3.63, 3.8) is 0 Å². The van der Waals surface area contributed by atoms with E-state index in [1.165, 1.54) is 23.9 Å². The minimum Gasteiger partial charge on any atom is -0.378 e. The van der Waals surface area contributed by atoms with Gasteiger partial charge in [0, 0.05) is 38.4 Å². The van der Waals surface area contributed by atoms with E-state index < -0.39 is 0 Å². The average Bonchev–Trinajstić information content (AvgIpc) is 2.67. The third-order valence-corrected chi connectivity index (χ3v) is 5.87. The van der Waals surface area contributed by atoms with Crippen molar-refractivity contribution < 1.29 is 15.2 Å². The predicted octanol–water partition coefficient (Wildman–Crippen LogP) is 1.41. The highest BCUT2D eigenvalue weighted by Gasteiger charge is 2.36. The lowest BCUT2D eigenvalue weighted by atomic mass is 10.0. The second kappa shape index (κ2) is 8.23.